The van der Waals surface area contributed by atoms with E-state index in [-0.39, 0.29) is 30.0 Å². The van der Waals surface area contributed by atoms with Crippen LogP contribution in [-0.2, 0) is 23.9 Å². The molecule has 11 heteroatoms. The second-order valence-corrected chi connectivity index (χ2v) is 6.83. The van der Waals surface area contributed by atoms with Crippen molar-refractivity contribution in [2.45, 2.75) is 19.1 Å². The molecule has 3 rings (SSSR count). The third-order valence-corrected chi connectivity index (χ3v) is 4.54. The normalized spacial score (nSPS) is 11.2. The minimum Gasteiger partial charge on any atom is -0.352 e. The predicted octanol–water partition coefficient (Wildman–Crippen LogP) is 3.81. The minimum atomic E-state index is -4.81. The molecule has 6 nitrogen and oxygen atoms in total. The van der Waals surface area contributed by atoms with Crippen LogP contribution in [0.5, 0.6) is 0 Å². The average molecular weight is 438 g/mol. The number of halogens is 4. The molecule has 0 bridgehead atoms. The van der Waals surface area contributed by atoms with Crippen LogP contribution in [0.25, 0.3) is 0 Å². The number of nitrogens with one attached hydrogen (secondary N) is 2. The van der Waals surface area contributed by atoms with Gasteiger partial charge in [-0.15, -0.1) is 11.3 Å². The quantitative estimate of drug-likeness (QED) is 0.574. The van der Waals surface area contributed by atoms with E-state index in [1.165, 1.54) is 35.2 Å². The molecule has 2 N–H and O–H groups in total. The fraction of sp³-hybridized carbons (Fsp3) is 0.158. The highest BCUT2D eigenvalue weighted by atomic mass is 32.1. The SMILES string of the molecule is O=C(Cc1ccc(NC(=O)c2cscn2)nc1)NCc1cccc(C(F)(F)F)c1F. The van der Waals surface area contributed by atoms with Crippen LogP contribution in [-0.4, -0.2) is 21.8 Å². The Labute approximate surface area is 172 Å². The molecular formula is C19H14F4N4O2S. The van der Waals surface area contributed by atoms with Crippen molar-refractivity contribution in [1.29, 1.82) is 0 Å². The van der Waals surface area contributed by atoms with Gasteiger partial charge in [0.25, 0.3) is 5.91 Å². The van der Waals surface area contributed by atoms with Crippen molar-refractivity contribution in [3.05, 3.63) is 75.6 Å². The molecule has 0 saturated heterocycles. The number of alkyl halides is 3. The molecule has 0 atom stereocenters. The zero-order valence-corrected chi connectivity index (χ0v) is 16.0. The lowest BCUT2D eigenvalue weighted by Gasteiger charge is -2.12. The Morgan fingerprint density at radius 3 is 2.53 bits per heavy atom. The van der Waals surface area contributed by atoms with Gasteiger partial charge in [0.2, 0.25) is 5.91 Å². The van der Waals surface area contributed by atoms with E-state index in [4.69, 9.17) is 0 Å². The standard InChI is InChI=1S/C19H14F4N4O2S/c20-17-12(2-1-3-13(17)19(21,22)23)8-25-16(28)6-11-4-5-15(24-7-11)27-18(29)14-9-30-10-26-14/h1-5,7,9-10H,6,8H2,(H,25,28)(H,24,27,29). The average Bonchev–Trinajstić information content (AvgIpc) is 3.23. The first kappa shape index (κ1) is 21.4. The number of amides is 2. The molecule has 0 spiro atoms. The molecule has 2 amide bonds. The predicted molar refractivity (Wildman–Crippen MR) is 101 cm³/mol. The van der Waals surface area contributed by atoms with Crippen molar-refractivity contribution in [3.8, 4) is 0 Å². The molecule has 2 aromatic heterocycles. The minimum absolute atomic E-state index is 0.117. The van der Waals surface area contributed by atoms with Gasteiger partial charge in [0.1, 0.15) is 17.3 Å². The molecule has 2 heterocycles. The summed E-state index contributed by atoms with van der Waals surface area (Å²) in [6.45, 7) is -0.385. The Morgan fingerprint density at radius 1 is 1.10 bits per heavy atom. The largest absolute Gasteiger partial charge is 0.419 e. The number of aromatic nitrogens is 2. The van der Waals surface area contributed by atoms with Gasteiger partial charge in [-0.05, 0) is 17.7 Å². The number of carbonyl (C=O) groups excluding carboxylic acids is 2. The number of nitrogens with zero attached hydrogens (tertiary/aromatic N) is 2. The third kappa shape index (κ3) is 5.38. The van der Waals surface area contributed by atoms with Crippen LogP contribution in [0.4, 0.5) is 23.4 Å². The zero-order valence-electron chi connectivity index (χ0n) is 15.2. The van der Waals surface area contributed by atoms with Gasteiger partial charge in [-0.2, -0.15) is 13.2 Å². The van der Waals surface area contributed by atoms with Crippen LogP contribution in [0.15, 0.2) is 47.4 Å². The van der Waals surface area contributed by atoms with E-state index >= 15 is 0 Å². The lowest BCUT2D eigenvalue weighted by atomic mass is 10.1. The van der Waals surface area contributed by atoms with Crippen LogP contribution in [0.1, 0.15) is 27.2 Å². The topological polar surface area (TPSA) is 84.0 Å². The van der Waals surface area contributed by atoms with E-state index in [2.05, 4.69) is 20.6 Å². The summed E-state index contributed by atoms with van der Waals surface area (Å²) in [7, 11) is 0. The molecule has 0 fully saturated rings. The van der Waals surface area contributed by atoms with Crippen LogP contribution in [0, 0.1) is 5.82 Å². The lowest BCUT2D eigenvalue weighted by molar-refractivity contribution is -0.140. The Morgan fingerprint density at radius 2 is 1.90 bits per heavy atom. The van der Waals surface area contributed by atoms with Gasteiger partial charge in [-0.1, -0.05) is 18.2 Å². The zero-order chi connectivity index (χ0) is 21.7. The first-order valence-corrected chi connectivity index (χ1v) is 9.44. The monoisotopic (exact) mass is 438 g/mol. The molecule has 0 aliphatic heterocycles. The first-order chi connectivity index (χ1) is 14.2. The number of carbonyl (C=O) groups is 2. The number of pyridine rings is 1. The summed E-state index contributed by atoms with van der Waals surface area (Å²) in [4.78, 5) is 31.8. The fourth-order valence-corrected chi connectivity index (χ4v) is 3.02. The van der Waals surface area contributed by atoms with Crippen molar-refractivity contribution in [2.24, 2.45) is 0 Å². The van der Waals surface area contributed by atoms with Gasteiger partial charge >= 0.3 is 6.18 Å². The highest BCUT2D eigenvalue weighted by molar-refractivity contribution is 7.07. The summed E-state index contributed by atoms with van der Waals surface area (Å²) < 4.78 is 52.2. The molecular weight excluding hydrogens is 424 g/mol. The maximum absolute atomic E-state index is 14.0. The Kier molecular flexibility index (Phi) is 6.40. The number of anilines is 1. The highest BCUT2D eigenvalue weighted by Gasteiger charge is 2.34. The molecule has 0 radical (unpaired) electrons. The first-order valence-electron chi connectivity index (χ1n) is 8.50. The molecule has 0 aliphatic rings. The number of hydrogen-bond donors (Lipinski definition) is 2. The van der Waals surface area contributed by atoms with Gasteiger partial charge in [0.05, 0.1) is 17.5 Å². The molecule has 30 heavy (non-hydrogen) atoms. The maximum atomic E-state index is 14.0. The number of rotatable bonds is 6. The maximum Gasteiger partial charge on any atom is 0.419 e. The number of hydrogen-bond acceptors (Lipinski definition) is 5. The second kappa shape index (κ2) is 8.99. The lowest BCUT2D eigenvalue weighted by Crippen LogP contribution is -2.25. The highest BCUT2D eigenvalue weighted by Crippen LogP contribution is 2.32. The van der Waals surface area contributed by atoms with E-state index in [1.807, 2.05) is 0 Å². The van der Waals surface area contributed by atoms with Crippen LogP contribution >= 0.6 is 11.3 Å². The molecule has 3 aromatic rings. The second-order valence-electron chi connectivity index (χ2n) is 6.11. The van der Waals surface area contributed by atoms with E-state index in [0.717, 1.165) is 6.07 Å². The summed E-state index contributed by atoms with van der Waals surface area (Å²) in [6.07, 6.45) is -3.55. The number of benzene rings is 1. The van der Waals surface area contributed by atoms with Crippen molar-refractivity contribution in [1.82, 2.24) is 15.3 Å². The fourth-order valence-electron chi connectivity index (χ4n) is 2.48. The summed E-state index contributed by atoms with van der Waals surface area (Å²) in [6, 6.07) is 5.96. The third-order valence-electron chi connectivity index (χ3n) is 3.96. The summed E-state index contributed by atoms with van der Waals surface area (Å²) in [5.41, 5.74) is 0.635. The van der Waals surface area contributed by atoms with Crippen molar-refractivity contribution < 1.29 is 27.2 Å². The van der Waals surface area contributed by atoms with Gasteiger partial charge in [-0.25, -0.2) is 14.4 Å². The Bertz CT molecular complexity index is 1040. The van der Waals surface area contributed by atoms with E-state index in [0.29, 0.717) is 11.6 Å². The van der Waals surface area contributed by atoms with Crippen LogP contribution in [0.3, 0.4) is 0 Å². The van der Waals surface area contributed by atoms with Gasteiger partial charge in [0, 0.05) is 23.7 Å². The van der Waals surface area contributed by atoms with Crippen molar-refractivity contribution in [2.75, 3.05) is 5.32 Å². The van der Waals surface area contributed by atoms with Crippen molar-refractivity contribution >= 4 is 29.0 Å². The molecule has 1 aromatic carbocycles. The Hall–Kier alpha value is -3.34. The molecule has 0 unspecified atom stereocenters. The Balaban J connectivity index is 1.55. The smallest absolute Gasteiger partial charge is 0.352 e. The van der Waals surface area contributed by atoms with E-state index in [9.17, 15) is 27.2 Å². The summed E-state index contributed by atoms with van der Waals surface area (Å²) in [5, 5.41) is 6.52. The van der Waals surface area contributed by atoms with Gasteiger partial charge in [0.15, 0.2) is 0 Å². The number of thiazole rings is 1. The summed E-state index contributed by atoms with van der Waals surface area (Å²) >= 11 is 1.28. The van der Waals surface area contributed by atoms with Crippen LogP contribution in [0.2, 0.25) is 0 Å². The van der Waals surface area contributed by atoms with Gasteiger partial charge in [-0.3, -0.25) is 9.59 Å². The van der Waals surface area contributed by atoms with E-state index in [1.54, 1.807) is 11.4 Å². The van der Waals surface area contributed by atoms with Gasteiger partial charge < -0.3 is 10.6 Å². The molecule has 0 aliphatic carbocycles. The van der Waals surface area contributed by atoms with Crippen molar-refractivity contribution in [3.63, 3.8) is 0 Å². The molecule has 156 valence electrons. The molecule has 0 saturated carbocycles. The van der Waals surface area contributed by atoms with E-state index < -0.39 is 29.4 Å². The van der Waals surface area contributed by atoms with Crippen LogP contribution < -0.4 is 10.6 Å². The summed E-state index contributed by atoms with van der Waals surface area (Å²) in [5.74, 6) is -2.08.